The summed E-state index contributed by atoms with van der Waals surface area (Å²) >= 11 is 0. The number of nitrogens with one attached hydrogen (secondary N) is 1. The maximum absolute atomic E-state index is 12.6. The van der Waals surface area contributed by atoms with Crippen LogP contribution in [0, 0.1) is 0 Å². The first-order chi connectivity index (χ1) is 14.0. The number of ether oxygens (including phenoxy) is 1. The van der Waals surface area contributed by atoms with E-state index in [-0.39, 0.29) is 18.0 Å². The van der Waals surface area contributed by atoms with Crippen molar-refractivity contribution in [2.24, 2.45) is 0 Å². The Morgan fingerprint density at radius 2 is 1.69 bits per heavy atom. The van der Waals surface area contributed by atoms with Crippen LogP contribution in [0.25, 0.3) is 0 Å². The number of carbonyl (C=O) groups is 3. The van der Waals surface area contributed by atoms with Gasteiger partial charge in [-0.05, 0) is 49.2 Å². The topological polar surface area (TPSA) is 79.0 Å². The van der Waals surface area contributed by atoms with Crippen LogP contribution in [0.15, 0.2) is 48.5 Å². The molecule has 0 atom stereocenters. The average molecular weight is 395 g/mol. The van der Waals surface area contributed by atoms with Gasteiger partial charge in [0.05, 0.1) is 18.4 Å². The number of esters is 1. The van der Waals surface area contributed by atoms with E-state index in [4.69, 9.17) is 4.74 Å². The zero-order valence-corrected chi connectivity index (χ0v) is 16.7. The molecule has 152 valence electrons. The van der Waals surface area contributed by atoms with E-state index in [1.807, 2.05) is 24.3 Å². The highest BCUT2D eigenvalue weighted by Crippen LogP contribution is 2.24. The molecular weight excluding hydrogens is 370 g/mol. The summed E-state index contributed by atoms with van der Waals surface area (Å²) in [4.78, 5) is 40.3. The van der Waals surface area contributed by atoms with Crippen molar-refractivity contribution in [3.8, 4) is 0 Å². The fourth-order valence-corrected chi connectivity index (χ4v) is 3.42. The monoisotopic (exact) mass is 395 g/mol. The highest BCUT2D eigenvalue weighted by Gasteiger charge is 2.19. The summed E-state index contributed by atoms with van der Waals surface area (Å²) in [5.74, 6) is -1.18. The predicted molar refractivity (Wildman–Crippen MR) is 112 cm³/mol. The first-order valence-corrected chi connectivity index (χ1v) is 9.60. The lowest BCUT2D eigenvalue weighted by molar-refractivity contribution is -0.120. The van der Waals surface area contributed by atoms with E-state index in [1.54, 1.807) is 24.3 Å². The van der Waals surface area contributed by atoms with Crippen molar-refractivity contribution in [3.05, 3.63) is 54.1 Å². The average Bonchev–Trinajstić information content (AvgIpc) is 3.27. The van der Waals surface area contributed by atoms with Crippen molar-refractivity contribution in [2.75, 3.05) is 41.9 Å². The fourth-order valence-electron chi connectivity index (χ4n) is 3.42. The molecule has 2 amide bonds. The van der Waals surface area contributed by atoms with Crippen molar-refractivity contribution in [2.45, 2.75) is 19.8 Å². The lowest BCUT2D eigenvalue weighted by Crippen LogP contribution is -2.37. The molecular formula is C22H25N3O4. The Hall–Kier alpha value is -3.35. The van der Waals surface area contributed by atoms with Gasteiger partial charge in [0, 0.05) is 31.4 Å². The minimum absolute atomic E-state index is 0.159. The number of carbonyl (C=O) groups excluding carboxylic acids is 3. The van der Waals surface area contributed by atoms with Gasteiger partial charge in [-0.2, -0.15) is 0 Å². The normalized spacial score (nSPS) is 13.1. The van der Waals surface area contributed by atoms with Crippen LogP contribution in [0.3, 0.4) is 0 Å². The van der Waals surface area contributed by atoms with E-state index < -0.39 is 11.9 Å². The van der Waals surface area contributed by atoms with E-state index in [1.165, 1.54) is 31.8 Å². The molecule has 0 spiro atoms. The maximum atomic E-state index is 12.6. The van der Waals surface area contributed by atoms with Gasteiger partial charge >= 0.3 is 5.97 Å². The van der Waals surface area contributed by atoms with Crippen LogP contribution in [-0.2, 0) is 14.3 Å². The van der Waals surface area contributed by atoms with Crippen LogP contribution in [0.4, 0.5) is 17.1 Å². The zero-order chi connectivity index (χ0) is 20.8. The first-order valence-electron chi connectivity index (χ1n) is 9.60. The summed E-state index contributed by atoms with van der Waals surface area (Å²) in [6, 6.07) is 14.2. The van der Waals surface area contributed by atoms with Crippen molar-refractivity contribution < 1.29 is 19.1 Å². The Kier molecular flexibility index (Phi) is 6.49. The summed E-state index contributed by atoms with van der Waals surface area (Å²) in [5.41, 5.74) is 2.37. The second-order valence-electron chi connectivity index (χ2n) is 6.90. The molecule has 2 aromatic rings. The number of hydrogen-bond donors (Lipinski definition) is 1. The minimum atomic E-state index is -0.540. The third-order valence-electron chi connectivity index (χ3n) is 4.92. The standard InChI is InChI=1S/C22H25N3O4/c1-16(26)25(18-11-9-17(10-12-18)24-13-5-6-14-24)15-21(27)23-20-8-4-3-7-19(20)22(28)29-2/h3-4,7-12H,5-6,13-15H2,1-2H3,(H,23,27). The van der Waals surface area contributed by atoms with Crippen molar-refractivity contribution >= 4 is 34.8 Å². The minimum Gasteiger partial charge on any atom is -0.465 e. The van der Waals surface area contributed by atoms with Crippen molar-refractivity contribution in [3.63, 3.8) is 0 Å². The molecule has 29 heavy (non-hydrogen) atoms. The lowest BCUT2D eigenvalue weighted by Gasteiger charge is -2.23. The zero-order valence-electron chi connectivity index (χ0n) is 16.7. The predicted octanol–water partition coefficient (Wildman–Crippen LogP) is 3.07. The van der Waals surface area contributed by atoms with Gasteiger partial charge in [0.15, 0.2) is 0 Å². The molecule has 0 aromatic heterocycles. The second-order valence-corrected chi connectivity index (χ2v) is 6.90. The van der Waals surface area contributed by atoms with E-state index in [0.717, 1.165) is 18.8 Å². The molecule has 1 aliphatic heterocycles. The molecule has 1 N–H and O–H groups in total. The van der Waals surface area contributed by atoms with Gasteiger partial charge < -0.3 is 19.9 Å². The Morgan fingerprint density at radius 3 is 2.31 bits per heavy atom. The molecule has 2 aromatic carbocycles. The SMILES string of the molecule is COC(=O)c1ccccc1NC(=O)CN(C(C)=O)c1ccc(N2CCCC2)cc1. The highest BCUT2D eigenvalue weighted by atomic mass is 16.5. The van der Waals surface area contributed by atoms with Gasteiger partial charge in [0.25, 0.3) is 0 Å². The summed E-state index contributed by atoms with van der Waals surface area (Å²) in [6.07, 6.45) is 2.38. The van der Waals surface area contributed by atoms with Crippen LogP contribution in [0.5, 0.6) is 0 Å². The molecule has 7 nitrogen and oxygen atoms in total. The van der Waals surface area contributed by atoms with Crippen LogP contribution >= 0.6 is 0 Å². The first kappa shape index (κ1) is 20.4. The highest BCUT2D eigenvalue weighted by molar-refractivity contribution is 6.05. The number of para-hydroxylation sites is 1. The summed E-state index contributed by atoms with van der Waals surface area (Å²) in [7, 11) is 1.28. The Bertz CT molecular complexity index is 889. The van der Waals surface area contributed by atoms with Gasteiger partial charge in [-0.3, -0.25) is 9.59 Å². The van der Waals surface area contributed by atoms with Crippen molar-refractivity contribution in [1.29, 1.82) is 0 Å². The summed E-state index contributed by atoms with van der Waals surface area (Å²) in [6.45, 7) is 3.34. The molecule has 0 aliphatic carbocycles. The molecule has 0 unspecified atom stereocenters. The van der Waals surface area contributed by atoms with Crippen LogP contribution in [-0.4, -0.2) is 44.5 Å². The molecule has 0 radical (unpaired) electrons. The van der Waals surface area contributed by atoms with Crippen LogP contribution in [0.1, 0.15) is 30.1 Å². The Labute approximate surface area is 170 Å². The van der Waals surface area contributed by atoms with E-state index in [2.05, 4.69) is 10.2 Å². The third kappa shape index (κ3) is 4.93. The lowest BCUT2D eigenvalue weighted by atomic mass is 10.1. The Balaban J connectivity index is 1.71. The van der Waals surface area contributed by atoms with E-state index in [0.29, 0.717) is 11.4 Å². The van der Waals surface area contributed by atoms with Crippen LogP contribution in [0.2, 0.25) is 0 Å². The summed E-state index contributed by atoms with van der Waals surface area (Å²) in [5, 5.41) is 2.70. The third-order valence-corrected chi connectivity index (χ3v) is 4.92. The molecule has 1 heterocycles. The van der Waals surface area contributed by atoms with E-state index >= 15 is 0 Å². The summed E-state index contributed by atoms with van der Waals surface area (Å²) < 4.78 is 4.74. The largest absolute Gasteiger partial charge is 0.465 e. The van der Waals surface area contributed by atoms with Gasteiger partial charge in [-0.25, -0.2) is 4.79 Å². The van der Waals surface area contributed by atoms with Crippen LogP contribution < -0.4 is 15.1 Å². The molecule has 7 heteroatoms. The fraction of sp³-hybridized carbons (Fsp3) is 0.318. The molecule has 1 fully saturated rings. The molecule has 3 rings (SSSR count). The Morgan fingerprint density at radius 1 is 1.03 bits per heavy atom. The molecule has 1 saturated heterocycles. The quantitative estimate of drug-likeness (QED) is 0.761. The number of nitrogens with zero attached hydrogens (tertiary/aromatic N) is 2. The number of rotatable bonds is 6. The van der Waals surface area contributed by atoms with Gasteiger partial charge in [-0.15, -0.1) is 0 Å². The number of anilines is 3. The van der Waals surface area contributed by atoms with E-state index in [9.17, 15) is 14.4 Å². The molecule has 0 bridgehead atoms. The maximum Gasteiger partial charge on any atom is 0.339 e. The second kappa shape index (κ2) is 9.23. The van der Waals surface area contributed by atoms with Crippen molar-refractivity contribution in [1.82, 2.24) is 0 Å². The van der Waals surface area contributed by atoms with Gasteiger partial charge in [0.1, 0.15) is 6.54 Å². The van der Waals surface area contributed by atoms with Gasteiger partial charge in [0.2, 0.25) is 11.8 Å². The smallest absolute Gasteiger partial charge is 0.339 e. The number of methoxy groups -OCH3 is 1. The number of amides is 2. The number of hydrogen-bond acceptors (Lipinski definition) is 5. The molecule has 0 saturated carbocycles. The molecule has 1 aliphatic rings. The number of benzene rings is 2. The van der Waals surface area contributed by atoms with Gasteiger partial charge in [-0.1, -0.05) is 12.1 Å².